The maximum Gasteiger partial charge on any atom is 0.356 e. The number of fused-ring (bicyclic) bond motifs is 1. The number of thiazole rings is 1. The van der Waals surface area contributed by atoms with Gasteiger partial charge >= 0.3 is 5.97 Å². The summed E-state index contributed by atoms with van der Waals surface area (Å²) in [4.78, 5) is 51.2. The average Bonchev–Trinajstić information content (AvgIpc) is 3.45. The van der Waals surface area contributed by atoms with Gasteiger partial charge in [0, 0.05) is 5.38 Å². The number of carbonyl (C=O) groups excluding carboxylic acids is 2. The molecule has 168 valence electrons. The molecule has 0 bridgehead atoms. The zero-order chi connectivity index (χ0) is 22.8. The first-order valence-corrected chi connectivity index (χ1v) is 11.5. The Balaban J connectivity index is 1.49. The number of carboxylic acid groups (broad SMARTS) is 1. The topological polar surface area (TPSA) is 182 Å². The van der Waals surface area contributed by atoms with E-state index in [1.54, 1.807) is 0 Å². The van der Waals surface area contributed by atoms with Crippen molar-refractivity contribution < 1.29 is 29.1 Å². The van der Waals surface area contributed by atoms with E-state index in [-0.39, 0.29) is 40.4 Å². The largest absolute Gasteiger partial charge is 0.492 e. The molecule has 2 aromatic heterocycles. The number of nitrogens with zero attached hydrogens (tertiary/aromatic N) is 5. The fourth-order valence-electron chi connectivity index (χ4n) is 3.13. The number of carbonyl (C=O) groups is 3. The van der Waals surface area contributed by atoms with Crippen molar-refractivity contribution in [3.05, 3.63) is 28.9 Å². The highest BCUT2D eigenvalue weighted by Crippen LogP contribution is 2.35. The first-order valence-electron chi connectivity index (χ1n) is 8.85. The van der Waals surface area contributed by atoms with Crippen molar-refractivity contribution in [2.45, 2.75) is 16.4 Å². The fraction of sp³-hybridized carbons (Fsp3) is 0.312. The number of hydrogen-bond donors (Lipinski definition) is 3. The number of amides is 2. The number of anilines is 1. The number of carboxylic acids is 1. The monoisotopic (exact) mass is 497 g/mol. The molecule has 0 aromatic carbocycles. The Kier molecular flexibility index (Phi) is 6.24. The molecule has 4 heterocycles. The first kappa shape index (κ1) is 22.0. The molecular weight excluding hydrogens is 482 g/mol. The molecule has 2 aliphatic heterocycles. The summed E-state index contributed by atoms with van der Waals surface area (Å²) < 4.78 is 10.2. The molecule has 2 aromatic rings. The second-order valence-electron chi connectivity index (χ2n) is 6.30. The van der Waals surface area contributed by atoms with E-state index in [0.717, 1.165) is 16.2 Å². The molecule has 1 fully saturated rings. The second-order valence-corrected chi connectivity index (χ2v) is 9.20. The van der Waals surface area contributed by atoms with Crippen molar-refractivity contribution in [2.75, 3.05) is 25.2 Å². The van der Waals surface area contributed by atoms with Crippen LogP contribution in [-0.4, -0.2) is 79.4 Å². The smallest absolute Gasteiger partial charge is 0.356 e. The number of oxime groups is 1. The molecule has 1 saturated heterocycles. The summed E-state index contributed by atoms with van der Waals surface area (Å²) in [6.45, 7) is 0.0138. The summed E-state index contributed by atoms with van der Waals surface area (Å²) in [5.41, 5.74) is 5.38. The zero-order valence-electron chi connectivity index (χ0n) is 16.3. The van der Waals surface area contributed by atoms with E-state index in [4.69, 9.17) is 15.3 Å². The fourth-order valence-corrected chi connectivity index (χ4v) is 5.07. The number of rotatable bonds is 8. The van der Waals surface area contributed by atoms with E-state index in [0.29, 0.717) is 4.34 Å². The maximum atomic E-state index is 12.8. The van der Waals surface area contributed by atoms with Crippen molar-refractivity contribution >= 4 is 63.3 Å². The van der Waals surface area contributed by atoms with Gasteiger partial charge in [-0.05, 0) is 11.5 Å². The summed E-state index contributed by atoms with van der Waals surface area (Å²) in [6.07, 6.45) is 1.39. The van der Waals surface area contributed by atoms with Gasteiger partial charge in [-0.15, -0.1) is 11.3 Å². The molecule has 2 amide bonds. The number of nitrogens with two attached hydrogens (primary N) is 1. The summed E-state index contributed by atoms with van der Waals surface area (Å²) in [5, 5.41) is 17.7. The third-order valence-electron chi connectivity index (χ3n) is 4.47. The number of nitrogens with one attached hydrogen (secondary N) is 1. The van der Waals surface area contributed by atoms with Crippen molar-refractivity contribution in [1.82, 2.24) is 24.6 Å². The maximum absolute atomic E-state index is 12.8. The first-order chi connectivity index (χ1) is 15.4. The molecule has 4 N–H and O–H groups in total. The highest BCUT2D eigenvalue weighted by atomic mass is 32.2. The Morgan fingerprint density at radius 3 is 2.97 bits per heavy atom. The lowest BCUT2D eigenvalue weighted by atomic mass is 9.92. The predicted molar refractivity (Wildman–Crippen MR) is 114 cm³/mol. The van der Waals surface area contributed by atoms with Crippen LogP contribution in [0.25, 0.3) is 0 Å². The molecule has 32 heavy (non-hydrogen) atoms. The molecule has 2 unspecified atom stereocenters. The molecule has 2 aliphatic rings. The van der Waals surface area contributed by atoms with Crippen molar-refractivity contribution in [3.63, 3.8) is 0 Å². The van der Waals surface area contributed by atoms with Gasteiger partial charge in [0.05, 0.1) is 5.75 Å². The van der Waals surface area contributed by atoms with E-state index in [1.807, 2.05) is 0 Å². The summed E-state index contributed by atoms with van der Waals surface area (Å²) in [6, 6.07) is -1.68. The molecule has 0 saturated carbocycles. The zero-order valence-corrected chi connectivity index (χ0v) is 18.7. The molecule has 0 radical (unpaired) electrons. The molecule has 0 spiro atoms. The van der Waals surface area contributed by atoms with Gasteiger partial charge in [-0.2, -0.15) is 4.37 Å². The molecule has 2 atom stereocenters. The van der Waals surface area contributed by atoms with Crippen LogP contribution in [-0.2, 0) is 24.0 Å². The van der Waals surface area contributed by atoms with Gasteiger partial charge in [-0.3, -0.25) is 14.5 Å². The number of β-lactam (4-membered cyclic amide) rings is 1. The van der Waals surface area contributed by atoms with Gasteiger partial charge in [0.2, 0.25) is 0 Å². The standard InChI is InChI=1S/C16H15N7O6S3/c1-28-22-9(6-3-30-15(17)20-6)12(24)21-10-7-2-29-8(4-31-16-18-5-19-32-16)11(14(26)27)23(7)13(10)25/h3,5,7,10H,2,4H2,1H3,(H2,17,20)(H,21,24)(H,26,27)/b22-9-. The third kappa shape index (κ3) is 4.11. The molecule has 16 heteroatoms. The van der Waals surface area contributed by atoms with Crippen LogP contribution in [0, 0.1) is 0 Å². The molecule has 0 aliphatic carbocycles. The summed E-state index contributed by atoms with van der Waals surface area (Å²) in [5.74, 6) is -2.28. The van der Waals surface area contributed by atoms with Crippen LogP contribution in [0.2, 0.25) is 0 Å². The Morgan fingerprint density at radius 1 is 1.53 bits per heavy atom. The van der Waals surface area contributed by atoms with Crippen LogP contribution < -0.4 is 11.1 Å². The van der Waals surface area contributed by atoms with Gasteiger partial charge < -0.3 is 25.7 Å². The van der Waals surface area contributed by atoms with Crippen LogP contribution in [0.5, 0.6) is 0 Å². The minimum Gasteiger partial charge on any atom is -0.492 e. The Labute approximate surface area is 192 Å². The van der Waals surface area contributed by atoms with Crippen molar-refractivity contribution in [1.29, 1.82) is 0 Å². The second kappa shape index (κ2) is 9.09. The van der Waals surface area contributed by atoms with Crippen LogP contribution in [0.1, 0.15) is 5.69 Å². The van der Waals surface area contributed by atoms with Crippen molar-refractivity contribution in [3.8, 4) is 0 Å². The van der Waals surface area contributed by atoms with E-state index < -0.39 is 29.9 Å². The number of thioether (sulfide) groups is 1. The Hall–Kier alpha value is -3.24. The lowest BCUT2D eigenvalue weighted by Crippen LogP contribution is -2.73. The van der Waals surface area contributed by atoms with E-state index in [1.165, 1.54) is 42.1 Å². The molecular formula is C16H15N7O6S3. The highest BCUT2D eigenvalue weighted by molar-refractivity contribution is 8.01. The Morgan fingerprint density at radius 2 is 2.34 bits per heavy atom. The number of aromatic nitrogens is 3. The summed E-state index contributed by atoms with van der Waals surface area (Å²) >= 11 is 3.53. The van der Waals surface area contributed by atoms with E-state index >= 15 is 0 Å². The highest BCUT2D eigenvalue weighted by Gasteiger charge is 2.55. The molecule has 13 nitrogen and oxygen atoms in total. The predicted octanol–water partition coefficient (Wildman–Crippen LogP) is -0.258. The summed E-state index contributed by atoms with van der Waals surface area (Å²) in [7, 11) is 1.26. The van der Waals surface area contributed by atoms with Crippen LogP contribution in [0.4, 0.5) is 5.13 Å². The number of nitrogen functional groups attached to an aromatic ring is 1. The van der Waals surface area contributed by atoms with Gasteiger partial charge in [-0.25, -0.2) is 14.8 Å². The average molecular weight is 498 g/mol. The molecule has 4 rings (SSSR count). The van der Waals surface area contributed by atoms with Crippen LogP contribution >= 0.6 is 34.6 Å². The minimum atomic E-state index is -1.31. The quantitative estimate of drug-likeness (QED) is 0.189. The van der Waals surface area contributed by atoms with Gasteiger partial charge in [0.1, 0.15) is 43.6 Å². The van der Waals surface area contributed by atoms with Gasteiger partial charge in [0.25, 0.3) is 11.8 Å². The van der Waals surface area contributed by atoms with Gasteiger partial charge in [-0.1, -0.05) is 16.9 Å². The number of ether oxygens (including phenoxy) is 1. The lowest BCUT2D eigenvalue weighted by Gasteiger charge is -2.49. The number of aliphatic carboxylic acids is 1. The SMILES string of the molecule is CO/N=C(\C(=O)NC1C(=O)N2C(C(=O)O)=C(CSc3ncns3)OCC12)c1csc(N)n1. The van der Waals surface area contributed by atoms with Crippen LogP contribution in [0.3, 0.4) is 0 Å². The number of hydrogen-bond acceptors (Lipinski definition) is 13. The normalized spacial score (nSPS) is 20.3. The third-order valence-corrected chi connectivity index (χ3v) is 6.94. The minimum absolute atomic E-state index is 0.0138. The Bertz CT molecular complexity index is 1120. The lowest BCUT2D eigenvalue weighted by molar-refractivity contribution is -0.160. The van der Waals surface area contributed by atoms with E-state index in [2.05, 4.69) is 24.8 Å². The van der Waals surface area contributed by atoms with E-state index in [9.17, 15) is 19.5 Å². The van der Waals surface area contributed by atoms with Crippen LogP contribution in [0.15, 0.2) is 32.7 Å². The van der Waals surface area contributed by atoms with Gasteiger partial charge in [0.15, 0.2) is 20.9 Å². The van der Waals surface area contributed by atoms with Crippen molar-refractivity contribution in [2.24, 2.45) is 5.16 Å².